The number of hydrogen-bond acceptors (Lipinski definition) is 4. The highest BCUT2D eigenvalue weighted by Crippen LogP contribution is 2.37. The number of ether oxygens (including phenoxy) is 1. The lowest BCUT2D eigenvalue weighted by Crippen LogP contribution is -2.14. The van der Waals surface area contributed by atoms with E-state index in [0.29, 0.717) is 34.0 Å². The zero-order chi connectivity index (χ0) is 19.0. The zero-order valence-corrected chi connectivity index (χ0v) is 14.4. The Morgan fingerprint density at radius 2 is 1.78 bits per heavy atom. The van der Waals surface area contributed by atoms with E-state index in [1.807, 2.05) is 19.1 Å². The Hall–Kier alpha value is -3.80. The molecule has 0 atom stereocenters. The quantitative estimate of drug-likeness (QED) is 0.635. The second-order valence-corrected chi connectivity index (χ2v) is 6.27. The molecule has 0 spiro atoms. The fourth-order valence-corrected chi connectivity index (χ4v) is 2.82. The summed E-state index contributed by atoms with van der Waals surface area (Å²) in [6.07, 6.45) is 0. The van der Waals surface area contributed by atoms with Gasteiger partial charge in [0.15, 0.2) is 5.75 Å². The zero-order valence-electron chi connectivity index (χ0n) is 14.4. The van der Waals surface area contributed by atoms with Crippen molar-refractivity contribution < 1.29 is 19.4 Å². The van der Waals surface area contributed by atoms with Crippen molar-refractivity contribution in [1.82, 2.24) is 0 Å². The molecule has 134 valence electrons. The van der Waals surface area contributed by atoms with Gasteiger partial charge in [0.25, 0.3) is 11.8 Å². The van der Waals surface area contributed by atoms with Crippen LogP contribution in [0.5, 0.6) is 17.2 Å². The Morgan fingerprint density at radius 3 is 2.56 bits per heavy atom. The average Bonchev–Trinajstić information content (AvgIpc) is 2.78. The first-order valence-electron chi connectivity index (χ1n) is 8.34. The first-order valence-corrected chi connectivity index (χ1v) is 8.34. The normalized spacial score (nSPS) is 12.1. The molecule has 0 saturated heterocycles. The topological polar surface area (TPSA) is 87.7 Å². The summed E-state index contributed by atoms with van der Waals surface area (Å²) in [6, 6.07) is 16.3. The summed E-state index contributed by atoms with van der Waals surface area (Å²) in [5.74, 6) is 0.416. The minimum atomic E-state index is -0.344. The number of hydrogen-bond donors (Lipinski definition) is 3. The lowest BCUT2D eigenvalue weighted by Gasteiger charge is -2.10. The largest absolute Gasteiger partial charge is 0.508 e. The van der Waals surface area contributed by atoms with Gasteiger partial charge in [-0.25, -0.2) is 0 Å². The summed E-state index contributed by atoms with van der Waals surface area (Å²) in [6.45, 7) is 1.94. The van der Waals surface area contributed by atoms with Crippen molar-refractivity contribution in [3.8, 4) is 17.2 Å². The van der Waals surface area contributed by atoms with Gasteiger partial charge in [-0.15, -0.1) is 0 Å². The molecule has 2 amide bonds. The molecule has 1 heterocycles. The summed E-state index contributed by atoms with van der Waals surface area (Å²) >= 11 is 0. The van der Waals surface area contributed by atoms with E-state index in [1.54, 1.807) is 24.3 Å². The minimum Gasteiger partial charge on any atom is -0.508 e. The number of benzene rings is 3. The maximum Gasteiger partial charge on any atom is 0.259 e. The van der Waals surface area contributed by atoms with E-state index in [9.17, 15) is 14.7 Å². The molecular formula is C21H16N2O4. The lowest BCUT2D eigenvalue weighted by atomic mass is 10.1. The summed E-state index contributed by atoms with van der Waals surface area (Å²) in [5.41, 5.74) is 2.80. The Bertz CT molecular complexity index is 1060. The molecule has 0 aliphatic carbocycles. The van der Waals surface area contributed by atoms with E-state index in [1.165, 1.54) is 24.3 Å². The van der Waals surface area contributed by atoms with Gasteiger partial charge in [0.2, 0.25) is 0 Å². The Balaban J connectivity index is 1.62. The first-order chi connectivity index (χ1) is 13.0. The van der Waals surface area contributed by atoms with Crippen molar-refractivity contribution in [2.75, 3.05) is 10.6 Å². The van der Waals surface area contributed by atoms with Crippen LogP contribution in [0.15, 0.2) is 60.7 Å². The van der Waals surface area contributed by atoms with Crippen LogP contribution in [0, 0.1) is 6.92 Å². The number of phenolic OH excluding ortho intramolecular Hbond substituents is 1. The van der Waals surface area contributed by atoms with Crippen LogP contribution in [-0.4, -0.2) is 16.9 Å². The van der Waals surface area contributed by atoms with Gasteiger partial charge in [0, 0.05) is 11.3 Å². The number of phenols is 1. The number of anilines is 2. The van der Waals surface area contributed by atoms with Gasteiger partial charge in [-0.2, -0.15) is 0 Å². The molecule has 1 aliphatic rings. The van der Waals surface area contributed by atoms with Gasteiger partial charge in [-0.3, -0.25) is 9.59 Å². The molecule has 1 aliphatic heterocycles. The Labute approximate surface area is 155 Å². The number of nitrogens with one attached hydrogen (secondary N) is 2. The molecule has 0 aromatic heterocycles. The van der Waals surface area contributed by atoms with Gasteiger partial charge in [-0.05, 0) is 67.1 Å². The molecule has 0 unspecified atom stereocenters. The number of rotatable bonds is 2. The molecule has 3 N–H and O–H groups in total. The van der Waals surface area contributed by atoms with Gasteiger partial charge < -0.3 is 20.5 Å². The van der Waals surface area contributed by atoms with Crippen molar-refractivity contribution in [3.05, 3.63) is 77.4 Å². The van der Waals surface area contributed by atoms with E-state index in [-0.39, 0.29) is 17.6 Å². The Morgan fingerprint density at radius 1 is 1.00 bits per heavy atom. The third-order valence-electron chi connectivity index (χ3n) is 4.22. The third-order valence-corrected chi connectivity index (χ3v) is 4.22. The monoisotopic (exact) mass is 360 g/mol. The van der Waals surface area contributed by atoms with Crippen molar-refractivity contribution in [1.29, 1.82) is 0 Å². The van der Waals surface area contributed by atoms with Crippen LogP contribution < -0.4 is 15.4 Å². The predicted molar refractivity (Wildman–Crippen MR) is 102 cm³/mol. The SMILES string of the molecule is Cc1ccc2c(c1)Oc1ccc(NC(=O)c3ccc(O)cc3)cc1C(=O)N2. The predicted octanol–water partition coefficient (Wildman–Crippen LogP) is 4.31. The molecular weight excluding hydrogens is 344 g/mol. The second-order valence-electron chi connectivity index (χ2n) is 6.27. The maximum absolute atomic E-state index is 12.6. The van der Waals surface area contributed by atoms with E-state index in [0.717, 1.165) is 5.56 Å². The lowest BCUT2D eigenvalue weighted by molar-refractivity contribution is 0.101. The number of carbonyl (C=O) groups excluding carboxylic acids is 2. The maximum atomic E-state index is 12.6. The molecule has 27 heavy (non-hydrogen) atoms. The average molecular weight is 360 g/mol. The van der Waals surface area contributed by atoms with Crippen LogP contribution in [0.1, 0.15) is 26.3 Å². The summed E-state index contributed by atoms with van der Waals surface area (Å²) < 4.78 is 5.89. The number of amides is 2. The Kier molecular flexibility index (Phi) is 4.01. The van der Waals surface area contributed by atoms with E-state index in [4.69, 9.17) is 4.74 Å². The molecule has 3 aromatic carbocycles. The third kappa shape index (κ3) is 3.32. The van der Waals surface area contributed by atoms with Crippen LogP contribution in [0.2, 0.25) is 0 Å². The van der Waals surface area contributed by atoms with Crippen LogP contribution in [-0.2, 0) is 0 Å². The number of carbonyl (C=O) groups is 2. The molecule has 0 radical (unpaired) electrons. The van der Waals surface area contributed by atoms with E-state index < -0.39 is 0 Å². The van der Waals surface area contributed by atoms with Gasteiger partial charge >= 0.3 is 0 Å². The summed E-state index contributed by atoms with van der Waals surface area (Å²) in [7, 11) is 0. The molecule has 0 fully saturated rings. The van der Waals surface area contributed by atoms with Crippen molar-refractivity contribution in [2.24, 2.45) is 0 Å². The standard InChI is InChI=1S/C21H16N2O4/c1-12-2-8-17-19(10-12)27-18-9-5-14(11-16(18)21(26)23-17)22-20(25)13-3-6-15(24)7-4-13/h2-11,24H,1H3,(H,22,25)(H,23,26). The van der Waals surface area contributed by atoms with Crippen LogP contribution >= 0.6 is 0 Å². The molecule has 6 heteroatoms. The highest BCUT2D eigenvalue weighted by atomic mass is 16.5. The number of fused-ring (bicyclic) bond motifs is 2. The van der Waals surface area contributed by atoms with Crippen LogP contribution in [0.4, 0.5) is 11.4 Å². The number of aromatic hydroxyl groups is 1. The molecule has 0 bridgehead atoms. The summed E-state index contributed by atoms with van der Waals surface area (Å²) in [5, 5.41) is 14.9. The number of aryl methyl sites for hydroxylation is 1. The highest BCUT2D eigenvalue weighted by molar-refractivity contribution is 6.10. The second kappa shape index (κ2) is 6.49. The van der Waals surface area contributed by atoms with Crippen LogP contribution in [0.3, 0.4) is 0 Å². The van der Waals surface area contributed by atoms with Crippen LogP contribution in [0.25, 0.3) is 0 Å². The van der Waals surface area contributed by atoms with E-state index in [2.05, 4.69) is 10.6 Å². The molecule has 4 rings (SSSR count). The fourth-order valence-electron chi connectivity index (χ4n) is 2.82. The fraction of sp³-hybridized carbons (Fsp3) is 0.0476. The molecule has 6 nitrogen and oxygen atoms in total. The smallest absolute Gasteiger partial charge is 0.259 e. The van der Waals surface area contributed by atoms with Gasteiger partial charge in [0.05, 0.1) is 11.3 Å². The molecule has 3 aromatic rings. The first kappa shape index (κ1) is 16.7. The van der Waals surface area contributed by atoms with Crippen molar-refractivity contribution in [3.63, 3.8) is 0 Å². The molecule has 0 saturated carbocycles. The minimum absolute atomic E-state index is 0.0835. The van der Waals surface area contributed by atoms with Gasteiger partial charge in [-0.1, -0.05) is 6.07 Å². The van der Waals surface area contributed by atoms with Crippen molar-refractivity contribution >= 4 is 23.2 Å². The van der Waals surface area contributed by atoms with E-state index >= 15 is 0 Å². The van der Waals surface area contributed by atoms with Gasteiger partial charge in [0.1, 0.15) is 11.5 Å². The highest BCUT2D eigenvalue weighted by Gasteiger charge is 2.21. The van der Waals surface area contributed by atoms with Crippen molar-refractivity contribution in [2.45, 2.75) is 6.92 Å². The summed E-state index contributed by atoms with van der Waals surface area (Å²) in [4.78, 5) is 24.9.